The van der Waals surface area contributed by atoms with Crippen LogP contribution >= 0.6 is 0 Å². The van der Waals surface area contributed by atoms with Crippen LogP contribution in [0.3, 0.4) is 0 Å². The van der Waals surface area contributed by atoms with Crippen molar-refractivity contribution in [3.8, 4) is 0 Å². The monoisotopic (exact) mass is 1150 g/mol. The summed E-state index contributed by atoms with van der Waals surface area (Å²) in [6.45, 7) is 17.7. The lowest BCUT2D eigenvalue weighted by Crippen LogP contribution is -2.33. The van der Waals surface area contributed by atoms with Crippen LogP contribution in [0.25, 0.3) is 0 Å². The van der Waals surface area contributed by atoms with Crippen LogP contribution in [0.5, 0.6) is 0 Å². The Balaban J connectivity index is 0.000000268. The normalized spacial score (nSPS) is 16.0. The molecule has 83 heavy (non-hydrogen) atoms. The van der Waals surface area contributed by atoms with E-state index in [2.05, 4.69) is 16.0 Å². The molecule has 25 heteroatoms. The third kappa shape index (κ3) is 15.9. The molecule has 3 heterocycles. The Bertz CT molecular complexity index is 3220. The van der Waals surface area contributed by atoms with Crippen molar-refractivity contribution < 1.29 is 76.7 Å². The van der Waals surface area contributed by atoms with Crippen LogP contribution in [-0.4, -0.2) is 105 Å². The first-order valence-corrected chi connectivity index (χ1v) is 25.7. The second-order valence-electron chi connectivity index (χ2n) is 19.4. The molecule has 0 saturated carbocycles. The summed E-state index contributed by atoms with van der Waals surface area (Å²) in [6, 6.07) is 17.8. The maximum Gasteiger partial charge on any atom is 0.337 e. The summed E-state index contributed by atoms with van der Waals surface area (Å²) in [6.07, 6.45) is -0.382. The smallest absolute Gasteiger partial charge is 0.337 e. The number of ether oxygens (including phenoxy) is 7. The fraction of sp³-hybridized carbons (Fsp3) is 0.379. The summed E-state index contributed by atoms with van der Waals surface area (Å²) in [5, 5.41) is 43.3. The first-order chi connectivity index (χ1) is 39.2. The van der Waals surface area contributed by atoms with Crippen molar-refractivity contribution in [3.63, 3.8) is 0 Å². The minimum atomic E-state index is -0.977. The Hall–Kier alpha value is -9.52. The lowest BCUT2D eigenvalue weighted by Gasteiger charge is -2.30. The van der Waals surface area contributed by atoms with Crippen molar-refractivity contribution in [1.82, 2.24) is 16.0 Å². The molecule has 0 amide bonds. The molecule has 0 spiro atoms. The number of nitro benzene ring substituents is 3. The molecule has 6 rings (SSSR count). The summed E-state index contributed by atoms with van der Waals surface area (Å²) in [4.78, 5) is 109. The van der Waals surface area contributed by atoms with Gasteiger partial charge in [0.1, 0.15) is 6.61 Å². The molecule has 3 N–H and O–H groups in total. The molecule has 0 aliphatic carbocycles. The van der Waals surface area contributed by atoms with E-state index < -0.39 is 68.3 Å². The second kappa shape index (κ2) is 29.8. The molecular formula is C58H68N6O19. The average molecular weight is 1150 g/mol. The molecule has 3 aromatic rings. The van der Waals surface area contributed by atoms with Gasteiger partial charge in [-0.1, -0.05) is 62.4 Å². The van der Waals surface area contributed by atoms with Crippen molar-refractivity contribution in [1.29, 1.82) is 0 Å². The van der Waals surface area contributed by atoms with Gasteiger partial charge in [-0.05, 0) is 66.9 Å². The van der Waals surface area contributed by atoms with Crippen LogP contribution in [-0.2, 0) is 61.9 Å². The number of methoxy groups -OCH3 is 4. The predicted octanol–water partition coefficient (Wildman–Crippen LogP) is 8.35. The molecular weight excluding hydrogens is 1080 g/mol. The predicted molar refractivity (Wildman–Crippen MR) is 299 cm³/mol. The van der Waals surface area contributed by atoms with Crippen molar-refractivity contribution in [3.05, 3.63) is 187 Å². The van der Waals surface area contributed by atoms with Gasteiger partial charge in [-0.15, -0.1) is 0 Å². The van der Waals surface area contributed by atoms with Crippen molar-refractivity contribution >= 4 is 52.9 Å². The van der Waals surface area contributed by atoms with Gasteiger partial charge in [0.15, 0.2) is 0 Å². The Morgan fingerprint density at radius 1 is 0.470 bits per heavy atom. The van der Waals surface area contributed by atoms with Gasteiger partial charge in [-0.2, -0.15) is 0 Å². The van der Waals surface area contributed by atoms with Crippen LogP contribution in [0.1, 0.15) is 104 Å². The summed E-state index contributed by atoms with van der Waals surface area (Å²) in [5.41, 5.74) is 4.11. The quantitative estimate of drug-likeness (QED) is 0.0354. The molecule has 0 saturated heterocycles. The summed E-state index contributed by atoms with van der Waals surface area (Å²) < 4.78 is 35.5. The van der Waals surface area contributed by atoms with E-state index >= 15 is 0 Å². The number of carbonyl (C=O) groups excluding carboxylic acids is 6. The lowest BCUT2D eigenvalue weighted by molar-refractivity contribution is -0.385. The zero-order valence-corrected chi connectivity index (χ0v) is 48.5. The number of carbonyl (C=O) groups is 6. The standard InChI is InChI=1S/C21H26N2O7.C20H24N2O6.C17H18N2O6/c1-12(2)30-21(25)18-14(4)22-13(3)17(20(24)29-10-9-28-5)19(18)15-7-6-8-16(11-15)23(26)27;1-11(2)10-28-20(24)17-13(4)21-12(3)16(19(23)27-5)18(17)14-8-6-7-9-15(14)22(25)26;1-9-13(16(20)24-3)15(14(10(2)18-9)17(21)25-4)11-7-5-6-8-12(11)19(22)23/h6-8,11-12,19,22H,9-10H2,1-5H3;6-9,11,18,21H,10H2,1-5H3;5-8,15,18H,1-4H3. The highest BCUT2D eigenvalue weighted by molar-refractivity contribution is 6.02. The molecule has 3 aromatic carbocycles. The number of hydrogen-bond acceptors (Lipinski definition) is 22. The average Bonchev–Trinajstić information content (AvgIpc) is 1.90. The zero-order valence-electron chi connectivity index (χ0n) is 48.5. The fourth-order valence-corrected chi connectivity index (χ4v) is 9.40. The molecule has 0 bridgehead atoms. The number of hydrogen-bond donors (Lipinski definition) is 3. The maximum atomic E-state index is 12.9. The van der Waals surface area contributed by atoms with Crippen LogP contribution in [0.2, 0.25) is 0 Å². The van der Waals surface area contributed by atoms with Crippen LogP contribution < -0.4 is 16.0 Å². The molecule has 0 radical (unpaired) electrons. The van der Waals surface area contributed by atoms with Gasteiger partial charge in [0.2, 0.25) is 0 Å². The molecule has 3 aliphatic rings. The van der Waals surface area contributed by atoms with Gasteiger partial charge in [-0.25, -0.2) is 28.8 Å². The summed E-state index contributed by atoms with van der Waals surface area (Å²) in [7, 11) is 5.13. The number of non-ortho nitro benzene ring substituents is 1. The summed E-state index contributed by atoms with van der Waals surface area (Å²) >= 11 is 0. The molecule has 2 unspecified atom stereocenters. The van der Waals surface area contributed by atoms with E-state index in [1.807, 2.05) is 13.8 Å². The van der Waals surface area contributed by atoms with Crippen LogP contribution in [0.4, 0.5) is 17.1 Å². The summed E-state index contributed by atoms with van der Waals surface area (Å²) in [5.74, 6) is -6.62. The Morgan fingerprint density at radius 2 is 0.843 bits per heavy atom. The van der Waals surface area contributed by atoms with Crippen molar-refractivity contribution in [2.75, 3.05) is 48.3 Å². The van der Waals surface area contributed by atoms with E-state index in [0.29, 0.717) is 39.7 Å². The molecule has 3 aliphatic heterocycles. The molecule has 444 valence electrons. The maximum absolute atomic E-state index is 12.9. The zero-order chi connectivity index (χ0) is 62.2. The molecule has 0 fully saturated rings. The van der Waals surface area contributed by atoms with Crippen molar-refractivity contribution in [2.45, 2.75) is 93.1 Å². The van der Waals surface area contributed by atoms with Gasteiger partial charge in [0, 0.05) is 76.7 Å². The Morgan fingerprint density at radius 3 is 1.20 bits per heavy atom. The molecule has 0 aromatic heterocycles. The highest BCUT2D eigenvalue weighted by Crippen LogP contribution is 2.45. The van der Waals surface area contributed by atoms with Gasteiger partial charge >= 0.3 is 35.8 Å². The second-order valence-corrected chi connectivity index (χ2v) is 19.4. The topological polar surface area (TPSA) is 333 Å². The minimum absolute atomic E-state index is 0.0300. The molecule has 25 nitrogen and oxygen atoms in total. The highest BCUT2D eigenvalue weighted by Gasteiger charge is 2.43. The van der Waals surface area contributed by atoms with Crippen LogP contribution in [0.15, 0.2) is 140 Å². The Kier molecular flexibility index (Phi) is 23.7. The van der Waals surface area contributed by atoms with Gasteiger partial charge < -0.3 is 49.1 Å². The van der Waals surface area contributed by atoms with E-state index in [0.717, 1.165) is 0 Å². The number of esters is 6. The van der Waals surface area contributed by atoms with Gasteiger partial charge in [0.05, 0.1) is 107 Å². The lowest BCUT2D eigenvalue weighted by atomic mass is 9.79. The first-order valence-electron chi connectivity index (χ1n) is 25.7. The van der Waals surface area contributed by atoms with E-state index in [4.69, 9.17) is 33.2 Å². The highest BCUT2D eigenvalue weighted by atomic mass is 16.6. The Labute approximate surface area is 478 Å². The number of dihydropyridines is 3. The fourth-order valence-electron chi connectivity index (χ4n) is 9.40. The van der Waals surface area contributed by atoms with Gasteiger partial charge in [-0.3, -0.25) is 30.3 Å². The number of nitro groups is 3. The van der Waals surface area contributed by atoms with E-state index in [1.54, 1.807) is 73.6 Å². The number of para-hydroxylation sites is 2. The first kappa shape index (κ1) is 66.0. The third-order valence-electron chi connectivity index (χ3n) is 12.9. The number of benzene rings is 3. The van der Waals surface area contributed by atoms with Crippen molar-refractivity contribution in [2.24, 2.45) is 5.92 Å². The number of rotatable bonds is 18. The van der Waals surface area contributed by atoms with E-state index in [9.17, 15) is 59.1 Å². The minimum Gasteiger partial charge on any atom is -0.466 e. The van der Waals surface area contributed by atoms with Crippen LogP contribution in [0, 0.1) is 36.3 Å². The van der Waals surface area contributed by atoms with E-state index in [1.165, 1.54) is 83.0 Å². The third-order valence-corrected chi connectivity index (χ3v) is 12.9. The van der Waals surface area contributed by atoms with Gasteiger partial charge in [0.25, 0.3) is 17.1 Å². The number of allylic oxidation sites excluding steroid dienone is 6. The van der Waals surface area contributed by atoms with E-state index in [-0.39, 0.29) is 93.5 Å². The molecule has 2 atom stereocenters. The SMILES string of the molecule is COC(=O)C1=C(C)NC(C)=C(C(=O)OC)C1c1ccccc1[N+](=O)[O-].COC(=O)C1=C(C)NC(C)=C(C(=O)OCC(C)C)C1c1ccccc1[N+](=O)[O-].COCCOC(=O)C1=C(C)NC(C)=C(C(=O)OC(C)C)C1c1cccc([N+](=O)[O-])c1. The largest absolute Gasteiger partial charge is 0.466 e. The number of nitrogens with zero attached hydrogens (tertiary/aromatic N) is 3. The number of nitrogens with one attached hydrogen (secondary N) is 3.